The topological polar surface area (TPSA) is 93.5 Å². The van der Waals surface area contributed by atoms with Crippen LogP contribution in [0, 0.1) is 0 Å². The lowest BCUT2D eigenvalue weighted by atomic mass is 10.1. The summed E-state index contributed by atoms with van der Waals surface area (Å²) in [6, 6.07) is 8.98. The fourth-order valence-electron chi connectivity index (χ4n) is 2.69. The van der Waals surface area contributed by atoms with Crippen LogP contribution in [-0.2, 0) is 11.2 Å². The number of nitrogens with zero attached hydrogens (tertiary/aromatic N) is 2. The minimum atomic E-state index is -0.741. The highest BCUT2D eigenvalue weighted by Crippen LogP contribution is 2.13. The molecule has 7 nitrogen and oxygen atoms in total. The summed E-state index contributed by atoms with van der Waals surface area (Å²) < 4.78 is 5.92. The van der Waals surface area contributed by atoms with E-state index in [2.05, 4.69) is 10.1 Å². The molecule has 140 valence electrons. The van der Waals surface area contributed by atoms with E-state index in [1.54, 1.807) is 6.92 Å². The van der Waals surface area contributed by atoms with E-state index in [9.17, 15) is 14.4 Å². The highest BCUT2D eigenvalue weighted by Gasteiger charge is 2.17. The molecule has 1 aromatic carbocycles. The summed E-state index contributed by atoms with van der Waals surface area (Å²) in [7, 11) is 0. The molecule has 0 atom stereocenters. The molecule has 3 aromatic rings. The van der Waals surface area contributed by atoms with Crippen molar-refractivity contribution in [1.82, 2.24) is 14.6 Å². The molecule has 1 N–H and O–H groups in total. The Morgan fingerprint density at radius 3 is 2.70 bits per heavy atom. The molecule has 0 saturated heterocycles. The molecule has 0 spiro atoms. The number of hydrogen-bond donors (Lipinski definition) is 1. The first kappa shape index (κ1) is 18.8. The minimum absolute atomic E-state index is 0.133. The molecular weight excluding hydrogens is 370 g/mol. The molecule has 0 aliphatic heterocycles. The van der Waals surface area contributed by atoms with Crippen molar-refractivity contribution in [2.45, 2.75) is 26.2 Å². The number of ether oxygens (including phenoxy) is 1. The lowest BCUT2D eigenvalue weighted by Gasteiger charge is -2.01. The summed E-state index contributed by atoms with van der Waals surface area (Å²) in [5.74, 6) is -0.874. The third-order valence-corrected chi connectivity index (χ3v) is 4.32. The van der Waals surface area contributed by atoms with Gasteiger partial charge < -0.3 is 4.74 Å². The van der Waals surface area contributed by atoms with Crippen LogP contribution in [0.2, 0.25) is 5.02 Å². The Morgan fingerprint density at radius 1 is 1.26 bits per heavy atom. The Morgan fingerprint density at radius 2 is 2.00 bits per heavy atom. The van der Waals surface area contributed by atoms with Crippen LogP contribution in [0.15, 0.2) is 41.3 Å². The van der Waals surface area contributed by atoms with Gasteiger partial charge in [-0.15, -0.1) is 0 Å². The van der Waals surface area contributed by atoms with Crippen LogP contribution < -0.4 is 5.56 Å². The van der Waals surface area contributed by atoms with E-state index in [-0.39, 0.29) is 29.3 Å². The Hall–Kier alpha value is -2.93. The van der Waals surface area contributed by atoms with Crippen LogP contribution in [0.4, 0.5) is 0 Å². The average Bonchev–Trinajstić information content (AvgIpc) is 3.09. The van der Waals surface area contributed by atoms with Crippen molar-refractivity contribution in [2.24, 2.45) is 0 Å². The maximum Gasteiger partial charge on any atom is 0.345 e. The first-order valence-electron chi connectivity index (χ1n) is 8.55. The molecule has 8 heteroatoms. The Bertz CT molecular complexity index is 1040. The summed E-state index contributed by atoms with van der Waals surface area (Å²) in [6.45, 7) is 1.81. The summed E-state index contributed by atoms with van der Waals surface area (Å²) in [4.78, 5) is 40.6. The van der Waals surface area contributed by atoms with Gasteiger partial charge in [-0.05, 0) is 37.5 Å². The number of benzene rings is 1. The minimum Gasteiger partial charge on any atom is -0.462 e. The van der Waals surface area contributed by atoms with Crippen LogP contribution in [0.25, 0.3) is 5.65 Å². The highest BCUT2D eigenvalue weighted by molar-refractivity contribution is 6.30. The molecule has 0 unspecified atom stereocenters. The molecule has 3 rings (SSSR count). The summed E-state index contributed by atoms with van der Waals surface area (Å²) in [5, 5.41) is 3.40. The number of carbonyl (C=O) groups excluding carboxylic acids is 2. The SMILES string of the molecule is CCOC(=O)c1cnc2cc(C(=O)CCCc3ccc(Cl)cc3)[nH]n2c1=O. The maximum atomic E-state index is 12.4. The van der Waals surface area contributed by atoms with Crippen LogP contribution in [-0.4, -0.2) is 33.0 Å². The first-order valence-corrected chi connectivity index (χ1v) is 8.93. The second-order valence-corrected chi connectivity index (χ2v) is 6.40. The number of Topliss-reactive ketones (excluding diaryl/α,β-unsaturated/α-hetero) is 1. The van der Waals surface area contributed by atoms with Crippen molar-refractivity contribution in [2.75, 3.05) is 6.61 Å². The van der Waals surface area contributed by atoms with Crippen molar-refractivity contribution in [1.29, 1.82) is 0 Å². The van der Waals surface area contributed by atoms with Crippen molar-refractivity contribution in [3.8, 4) is 0 Å². The van der Waals surface area contributed by atoms with Crippen LogP contribution in [0.5, 0.6) is 0 Å². The number of carbonyl (C=O) groups is 2. The van der Waals surface area contributed by atoms with Crippen LogP contribution in [0.3, 0.4) is 0 Å². The molecule has 0 fully saturated rings. The number of aryl methyl sites for hydroxylation is 1. The molecule has 2 heterocycles. The Labute approximate surface area is 159 Å². The molecule has 0 aliphatic rings. The van der Waals surface area contributed by atoms with Crippen molar-refractivity contribution < 1.29 is 14.3 Å². The maximum absolute atomic E-state index is 12.4. The number of hydrogen-bond acceptors (Lipinski definition) is 5. The second kappa shape index (κ2) is 8.18. The fourth-order valence-corrected chi connectivity index (χ4v) is 2.82. The average molecular weight is 388 g/mol. The first-order chi connectivity index (χ1) is 13.0. The summed E-state index contributed by atoms with van der Waals surface area (Å²) in [6.07, 6.45) is 2.88. The zero-order valence-electron chi connectivity index (χ0n) is 14.7. The Kier molecular flexibility index (Phi) is 5.71. The number of aromatic amines is 1. The number of H-pyrrole nitrogens is 1. The van der Waals surface area contributed by atoms with Gasteiger partial charge in [-0.2, -0.15) is 0 Å². The predicted octanol–water partition coefficient (Wildman–Crippen LogP) is 3.06. The zero-order valence-corrected chi connectivity index (χ0v) is 15.5. The quantitative estimate of drug-likeness (QED) is 0.496. The lowest BCUT2D eigenvalue weighted by Crippen LogP contribution is -2.24. The molecule has 2 aromatic heterocycles. The number of nitrogens with one attached hydrogen (secondary N) is 1. The third-order valence-electron chi connectivity index (χ3n) is 4.07. The van der Waals surface area contributed by atoms with Crippen molar-refractivity contribution in [3.63, 3.8) is 0 Å². The monoisotopic (exact) mass is 387 g/mol. The van der Waals surface area contributed by atoms with Gasteiger partial charge >= 0.3 is 5.97 Å². The van der Waals surface area contributed by atoms with Crippen molar-refractivity contribution >= 4 is 29.0 Å². The fraction of sp³-hybridized carbons (Fsp3) is 0.263. The van der Waals surface area contributed by atoms with E-state index >= 15 is 0 Å². The van der Waals surface area contributed by atoms with Crippen LogP contribution in [0.1, 0.15) is 46.2 Å². The van der Waals surface area contributed by atoms with E-state index in [0.717, 1.165) is 22.7 Å². The molecule has 0 aliphatic carbocycles. The van der Waals surface area contributed by atoms with E-state index < -0.39 is 11.5 Å². The number of aromatic nitrogens is 3. The number of rotatable bonds is 7. The second-order valence-electron chi connectivity index (χ2n) is 5.96. The van der Waals surface area contributed by atoms with E-state index in [4.69, 9.17) is 16.3 Å². The van der Waals surface area contributed by atoms with Gasteiger partial charge in [0.2, 0.25) is 0 Å². The van der Waals surface area contributed by atoms with Gasteiger partial charge in [0.25, 0.3) is 5.56 Å². The molecule has 0 bridgehead atoms. The zero-order chi connectivity index (χ0) is 19.4. The number of halogens is 1. The van der Waals surface area contributed by atoms with Gasteiger partial charge in [-0.1, -0.05) is 23.7 Å². The van der Waals surface area contributed by atoms with E-state index in [0.29, 0.717) is 17.9 Å². The largest absolute Gasteiger partial charge is 0.462 e. The number of ketones is 1. The molecular formula is C19H18ClN3O4. The smallest absolute Gasteiger partial charge is 0.345 e. The van der Waals surface area contributed by atoms with Gasteiger partial charge in [-0.25, -0.2) is 14.3 Å². The highest BCUT2D eigenvalue weighted by atomic mass is 35.5. The normalized spacial score (nSPS) is 10.9. The van der Waals surface area contributed by atoms with Gasteiger partial charge in [0.15, 0.2) is 11.4 Å². The van der Waals surface area contributed by atoms with Gasteiger partial charge in [0.1, 0.15) is 11.3 Å². The summed E-state index contributed by atoms with van der Waals surface area (Å²) >= 11 is 5.85. The molecule has 0 saturated carbocycles. The van der Waals surface area contributed by atoms with Gasteiger partial charge in [0, 0.05) is 23.7 Å². The molecule has 0 radical (unpaired) electrons. The van der Waals surface area contributed by atoms with Crippen molar-refractivity contribution in [3.05, 3.63) is 68.7 Å². The summed E-state index contributed by atoms with van der Waals surface area (Å²) in [5.41, 5.74) is 0.864. The van der Waals surface area contributed by atoms with Crippen LogP contribution >= 0.6 is 11.6 Å². The molecule has 27 heavy (non-hydrogen) atoms. The predicted molar refractivity (Wildman–Crippen MR) is 100 cm³/mol. The van der Waals surface area contributed by atoms with E-state index in [1.165, 1.54) is 6.07 Å². The van der Waals surface area contributed by atoms with Gasteiger partial charge in [-0.3, -0.25) is 14.7 Å². The third kappa shape index (κ3) is 4.25. The number of fused-ring (bicyclic) bond motifs is 1. The lowest BCUT2D eigenvalue weighted by molar-refractivity contribution is 0.0523. The van der Waals surface area contributed by atoms with E-state index in [1.807, 2.05) is 24.3 Å². The standard InChI is InChI=1S/C19H18ClN3O4/c1-2-27-19(26)14-11-21-17-10-15(22-23(17)18(14)25)16(24)5-3-4-12-6-8-13(20)9-7-12/h6-11,22H,2-5H2,1H3. The number of esters is 1. The Balaban J connectivity index is 1.71. The molecule has 0 amide bonds. The van der Waals surface area contributed by atoms with Gasteiger partial charge in [0.05, 0.1) is 6.61 Å².